The lowest BCUT2D eigenvalue weighted by Gasteiger charge is -2.18. The Morgan fingerprint density at radius 1 is 1.24 bits per heavy atom. The minimum absolute atomic E-state index is 0.0615. The molecule has 1 nitrogen and oxygen atoms in total. The molecule has 0 aromatic heterocycles. The van der Waals surface area contributed by atoms with Crippen LogP contribution >= 0.6 is 0 Å². The summed E-state index contributed by atoms with van der Waals surface area (Å²) in [6, 6.07) is 2.51. The fourth-order valence-electron chi connectivity index (χ4n) is 1.53. The van der Waals surface area contributed by atoms with Gasteiger partial charge in [0, 0.05) is 6.04 Å². The molecule has 0 amide bonds. The molecule has 0 heterocycles. The molecule has 0 saturated heterocycles. The molecule has 1 unspecified atom stereocenters. The van der Waals surface area contributed by atoms with Gasteiger partial charge in [0.15, 0.2) is 11.6 Å². The Labute approximate surface area is 95.6 Å². The Bertz CT molecular complexity index is 375. The first-order valence-electron chi connectivity index (χ1n) is 5.00. The van der Waals surface area contributed by atoms with Crippen molar-refractivity contribution in [3.63, 3.8) is 0 Å². The van der Waals surface area contributed by atoms with E-state index in [-0.39, 0.29) is 12.0 Å². The lowest BCUT2D eigenvalue weighted by molar-refractivity contribution is -0.139. The van der Waals surface area contributed by atoms with Crippen molar-refractivity contribution in [1.82, 2.24) is 5.32 Å². The lowest BCUT2D eigenvalue weighted by atomic mass is 10.0. The van der Waals surface area contributed by atoms with Crippen molar-refractivity contribution in [2.45, 2.75) is 25.1 Å². The maximum absolute atomic E-state index is 13.2. The Kier molecular flexibility index (Phi) is 4.45. The molecule has 0 fully saturated rings. The number of hydrogen-bond donors (Lipinski definition) is 1. The van der Waals surface area contributed by atoms with E-state index in [0.29, 0.717) is 0 Å². The summed E-state index contributed by atoms with van der Waals surface area (Å²) in [6.45, 7) is 0. The Hall–Kier alpha value is -1.17. The summed E-state index contributed by atoms with van der Waals surface area (Å²) < 4.78 is 62.6. The molecule has 0 bridgehead atoms. The molecule has 0 spiro atoms. The van der Waals surface area contributed by atoms with E-state index in [1.807, 2.05) is 0 Å². The summed E-state index contributed by atoms with van der Waals surface area (Å²) in [4.78, 5) is 0. The molecule has 1 rings (SSSR count). The van der Waals surface area contributed by atoms with Gasteiger partial charge >= 0.3 is 6.18 Å². The predicted octanol–water partition coefficient (Wildman–Crippen LogP) is 3.05. The molecule has 0 aliphatic rings. The SMILES string of the molecule is CNC(Cc1cccc(F)c1F)CC(F)(F)F. The Balaban J connectivity index is 2.77. The number of halogens is 5. The van der Waals surface area contributed by atoms with Crippen LogP contribution in [0, 0.1) is 11.6 Å². The van der Waals surface area contributed by atoms with Gasteiger partial charge in [0.05, 0.1) is 6.42 Å². The zero-order valence-electron chi connectivity index (χ0n) is 9.11. The molecule has 0 saturated carbocycles. The summed E-state index contributed by atoms with van der Waals surface area (Å²) in [7, 11) is 1.35. The first kappa shape index (κ1) is 13.9. The first-order chi connectivity index (χ1) is 7.83. The molecule has 1 N–H and O–H groups in total. The van der Waals surface area contributed by atoms with E-state index in [0.717, 1.165) is 6.07 Å². The van der Waals surface area contributed by atoms with Crippen molar-refractivity contribution in [2.24, 2.45) is 0 Å². The second-order valence-electron chi connectivity index (χ2n) is 3.72. The Morgan fingerprint density at radius 3 is 2.41 bits per heavy atom. The molecule has 1 aromatic rings. The van der Waals surface area contributed by atoms with Crippen molar-refractivity contribution in [2.75, 3.05) is 7.05 Å². The minimum atomic E-state index is -4.34. The maximum atomic E-state index is 13.2. The highest BCUT2D eigenvalue weighted by molar-refractivity contribution is 5.20. The summed E-state index contributed by atoms with van der Waals surface area (Å²) in [5.41, 5.74) is -0.0615. The summed E-state index contributed by atoms with van der Waals surface area (Å²) in [5, 5.41) is 2.44. The molecule has 0 radical (unpaired) electrons. The van der Waals surface area contributed by atoms with Crippen LogP contribution in [0.1, 0.15) is 12.0 Å². The van der Waals surface area contributed by atoms with E-state index < -0.39 is 30.3 Å². The Morgan fingerprint density at radius 2 is 1.88 bits per heavy atom. The fourth-order valence-corrected chi connectivity index (χ4v) is 1.53. The van der Waals surface area contributed by atoms with Gasteiger partial charge in [-0.3, -0.25) is 0 Å². The van der Waals surface area contributed by atoms with Gasteiger partial charge in [-0.2, -0.15) is 13.2 Å². The van der Waals surface area contributed by atoms with Crippen molar-refractivity contribution in [1.29, 1.82) is 0 Å². The second kappa shape index (κ2) is 5.44. The van der Waals surface area contributed by atoms with Crippen LogP contribution in [-0.4, -0.2) is 19.3 Å². The average Bonchev–Trinajstić information content (AvgIpc) is 2.21. The first-order valence-corrected chi connectivity index (χ1v) is 5.00. The van der Waals surface area contributed by atoms with Gasteiger partial charge in [-0.15, -0.1) is 0 Å². The number of hydrogen-bond acceptors (Lipinski definition) is 1. The topological polar surface area (TPSA) is 12.0 Å². The summed E-state index contributed by atoms with van der Waals surface area (Å²) in [6.07, 6.45) is -5.63. The van der Waals surface area contributed by atoms with Crippen molar-refractivity contribution < 1.29 is 22.0 Å². The molecular formula is C11H12F5N. The largest absolute Gasteiger partial charge is 0.390 e. The van der Waals surface area contributed by atoms with Crippen LogP contribution in [0.15, 0.2) is 18.2 Å². The molecule has 17 heavy (non-hydrogen) atoms. The van der Waals surface area contributed by atoms with Gasteiger partial charge in [0.2, 0.25) is 0 Å². The minimum Gasteiger partial charge on any atom is -0.316 e. The van der Waals surface area contributed by atoms with Gasteiger partial charge in [-0.25, -0.2) is 8.78 Å². The third kappa shape index (κ3) is 4.30. The van der Waals surface area contributed by atoms with Crippen LogP contribution in [0.2, 0.25) is 0 Å². The fraction of sp³-hybridized carbons (Fsp3) is 0.455. The molecule has 6 heteroatoms. The van der Waals surface area contributed by atoms with Crippen LogP contribution in [0.5, 0.6) is 0 Å². The summed E-state index contributed by atoms with van der Waals surface area (Å²) in [5.74, 6) is -2.14. The monoisotopic (exact) mass is 253 g/mol. The lowest BCUT2D eigenvalue weighted by Crippen LogP contribution is -2.33. The van der Waals surface area contributed by atoms with E-state index in [1.165, 1.54) is 19.2 Å². The molecule has 96 valence electrons. The number of nitrogens with one attached hydrogen (secondary N) is 1. The van der Waals surface area contributed by atoms with Crippen molar-refractivity contribution >= 4 is 0 Å². The van der Waals surface area contributed by atoms with Crippen LogP contribution in [0.25, 0.3) is 0 Å². The van der Waals surface area contributed by atoms with E-state index >= 15 is 0 Å². The number of benzene rings is 1. The molecule has 1 atom stereocenters. The van der Waals surface area contributed by atoms with Crippen molar-refractivity contribution in [3.8, 4) is 0 Å². The van der Waals surface area contributed by atoms with Gasteiger partial charge in [0.1, 0.15) is 0 Å². The van der Waals surface area contributed by atoms with E-state index in [2.05, 4.69) is 5.32 Å². The number of rotatable bonds is 4. The second-order valence-corrected chi connectivity index (χ2v) is 3.72. The van der Waals surface area contributed by atoms with Crippen LogP contribution in [0.3, 0.4) is 0 Å². The van der Waals surface area contributed by atoms with Gasteiger partial charge in [-0.1, -0.05) is 12.1 Å². The van der Waals surface area contributed by atoms with E-state index in [4.69, 9.17) is 0 Å². The molecule has 1 aromatic carbocycles. The van der Waals surface area contributed by atoms with E-state index in [9.17, 15) is 22.0 Å². The number of likely N-dealkylation sites (N-methyl/N-ethyl adjacent to an activating group) is 1. The molecule has 0 aliphatic heterocycles. The highest BCUT2D eigenvalue weighted by Gasteiger charge is 2.31. The highest BCUT2D eigenvalue weighted by atomic mass is 19.4. The normalized spacial score (nSPS) is 13.8. The zero-order chi connectivity index (χ0) is 13.1. The maximum Gasteiger partial charge on any atom is 0.390 e. The smallest absolute Gasteiger partial charge is 0.316 e. The predicted molar refractivity (Wildman–Crippen MR) is 53.6 cm³/mol. The zero-order valence-corrected chi connectivity index (χ0v) is 9.11. The highest BCUT2D eigenvalue weighted by Crippen LogP contribution is 2.24. The quantitative estimate of drug-likeness (QED) is 0.813. The van der Waals surface area contributed by atoms with Crippen molar-refractivity contribution in [3.05, 3.63) is 35.4 Å². The van der Waals surface area contributed by atoms with Crippen LogP contribution < -0.4 is 5.32 Å². The van der Waals surface area contributed by atoms with Gasteiger partial charge in [0.25, 0.3) is 0 Å². The third-order valence-corrected chi connectivity index (χ3v) is 2.38. The molecular weight excluding hydrogens is 241 g/mol. The molecule has 0 aliphatic carbocycles. The van der Waals surface area contributed by atoms with Gasteiger partial charge < -0.3 is 5.32 Å². The summed E-state index contributed by atoms with van der Waals surface area (Å²) >= 11 is 0. The van der Waals surface area contributed by atoms with Crippen LogP contribution in [0.4, 0.5) is 22.0 Å². The number of alkyl halides is 3. The van der Waals surface area contributed by atoms with E-state index in [1.54, 1.807) is 0 Å². The van der Waals surface area contributed by atoms with Gasteiger partial charge in [-0.05, 0) is 25.1 Å². The van der Waals surface area contributed by atoms with Crippen LogP contribution in [-0.2, 0) is 6.42 Å². The standard InChI is InChI=1S/C11H12F5N/c1-17-8(6-11(14,15)16)5-7-3-2-4-9(12)10(7)13/h2-4,8,17H,5-6H2,1H3. The third-order valence-electron chi connectivity index (χ3n) is 2.38. The average molecular weight is 253 g/mol.